The van der Waals surface area contributed by atoms with Crippen molar-refractivity contribution < 1.29 is 8.94 Å². The van der Waals surface area contributed by atoms with Gasteiger partial charge in [-0.05, 0) is 36.4 Å². The van der Waals surface area contributed by atoms with Crippen LogP contribution in [0, 0.1) is 5.82 Å². The van der Waals surface area contributed by atoms with Crippen molar-refractivity contribution >= 4 is 11.2 Å². The average Bonchev–Trinajstić information content (AvgIpc) is 2.30. The fourth-order valence-electron chi connectivity index (χ4n) is 1.24. The van der Waals surface area contributed by atoms with E-state index in [-0.39, 0.29) is 5.82 Å². The van der Waals surface area contributed by atoms with E-state index >= 15 is 0 Å². The zero-order valence-corrected chi connectivity index (χ0v) is 8.71. The summed E-state index contributed by atoms with van der Waals surface area (Å²) in [5, 5.41) is 0. The summed E-state index contributed by atoms with van der Waals surface area (Å²) in [5.74, 6) is -0.316. The summed E-state index contributed by atoms with van der Waals surface area (Å²) in [7, 11) is 0. The second-order valence-electron chi connectivity index (χ2n) is 3.04. The molecule has 0 fully saturated rings. The number of benzene rings is 2. The lowest BCUT2D eigenvalue weighted by Gasteiger charge is -2.08. The maximum Gasteiger partial charge on any atom is 0.158 e. The van der Waals surface area contributed by atoms with Crippen molar-refractivity contribution in [2.45, 2.75) is 9.79 Å². The molecule has 0 aromatic heterocycles. The van der Waals surface area contributed by atoms with Crippen LogP contribution < -0.4 is 0 Å². The van der Waals surface area contributed by atoms with Crippen molar-refractivity contribution in [3.63, 3.8) is 0 Å². The topological polar surface area (TPSA) is 23.1 Å². The molecule has 0 aliphatic heterocycles. The zero-order valence-electron chi connectivity index (χ0n) is 7.89. The maximum atomic E-state index is 12.7. The van der Waals surface area contributed by atoms with Crippen LogP contribution in [0.1, 0.15) is 0 Å². The normalized spacial score (nSPS) is 12.4. The molecule has 0 saturated heterocycles. The minimum atomic E-state index is -1.22. The van der Waals surface area contributed by atoms with Gasteiger partial charge in [0.1, 0.15) is 5.82 Å². The Morgan fingerprint density at radius 2 is 1.33 bits per heavy atom. The standard InChI is InChI=1S/C12H9FOS/c13-10-6-8-12(9-7-10)15(14)11-4-2-1-3-5-11/h1-9H/i13-1. The quantitative estimate of drug-likeness (QED) is 0.712. The molecule has 2 rings (SSSR count). The molecule has 1 nitrogen and oxygen atoms in total. The lowest BCUT2D eigenvalue weighted by atomic mass is 10.3. The summed E-state index contributed by atoms with van der Waals surface area (Å²) >= 11 is -1.22. The first kappa shape index (κ1) is 10.2. The number of halogens is 1. The Hall–Kier alpha value is -1.32. The highest BCUT2D eigenvalue weighted by Crippen LogP contribution is 2.20. The summed E-state index contributed by atoms with van der Waals surface area (Å²) in [6.45, 7) is 0. The molecule has 0 amide bonds. The van der Waals surface area contributed by atoms with Gasteiger partial charge >= 0.3 is 0 Å². The van der Waals surface area contributed by atoms with E-state index in [1.54, 1.807) is 24.3 Å². The van der Waals surface area contributed by atoms with Crippen molar-refractivity contribution in [2.24, 2.45) is 0 Å². The van der Waals surface area contributed by atoms with Gasteiger partial charge in [0.2, 0.25) is 0 Å². The van der Waals surface area contributed by atoms with Crippen LogP contribution in [0.4, 0.5) is 4.39 Å². The Morgan fingerprint density at radius 3 is 1.93 bits per heavy atom. The van der Waals surface area contributed by atoms with Gasteiger partial charge in [-0.1, -0.05) is 18.2 Å². The molecule has 1 unspecified atom stereocenters. The molecule has 2 aromatic rings. The van der Waals surface area contributed by atoms with Crippen molar-refractivity contribution in [1.29, 1.82) is 0 Å². The van der Waals surface area contributed by atoms with Gasteiger partial charge in [-0.3, -0.25) is 0 Å². The van der Waals surface area contributed by atoms with Crippen LogP contribution in [-0.2, 0) is 11.2 Å². The number of rotatable bonds is 2. The molecule has 0 spiro atoms. The van der Waals surface area contributed by atoms with E-state index in [1.807, 2.05) is 18.2 Å². The van der Waals surface area contributed by atoms with Crippen LogP contribution in [0.2, 0.25) is 0 Å². The molecular formula is C12H9FOS. The van der Waals surface area contributed by atoms with Crippen LogP contribution in [-0.4, -0.2) is 4.55 Å². The fraction of sp³-hybridized carbons (Fsp3) is 0. The van der Waals surface area contributed by atoms with E-state index in [0.717, 1.165) is 4.90 Å². The molecule has 2 aromatic carbocycles. The highest BCUT2D eigenvalue weighted by atomic mass is 32.2. The SMILES string of the molecule is [O-][S+](c1ccccc1)c1ccc([18F])cc1. The van der Waals surface area contributed by atoms with Crippen LogP contribution in [0.25, 0.3) is 0 Å². The predicted molar refractivity (Wildman–Crippen MR) is 57.5 cm³/mol. The Labute approximate surface area is 90.7 Å². The summed E-state index contributed by atoms with van der Waals surface area (Å²) in [5.41, 5.74) is 0. The molecule has 0 heterocycles. The summed E-state index contributed by atoms with van der Waals surface area (Å²) in [6, 6.07) is 14.8. The highest BCUT2D eigenvalue weighted by Gasteiger charge is 2.13. The molecule has 0 radical (unpaired) electrons. The van der Waals surface area contributed by atoms with Crippen LogP contribution in [0.15, 0.2) is 64.4 Å². The van der Waals surface area contributed by atoms with Gasteiger partial charge in [0.25, 0.3) is 0 Å². The first-order chi connectivity index (χ1) is 7.27. The van der Waals surface area contributed by atoms with E-state index < -0.39 is 11.2 Å². The molecule has 15 heavy (non-hydrogen) atoms. The van der Waals surface area contributed by atoms with Crippen LogP contribution in [0.5, 0.6) is 0 Å². The predicted octanol–water partition coefficient (Wildman–Crippen LogP) is 2.99. The Kier molecular flexibility index (Phi) is 3.04. The van der Waals surface area contributed by atoms with Gasteiger partial charge in [-0.15, -0.1) is 0 Å². The number of hydrogen-bond donors (Lipinski definition) is 0. The molecule has 3 heteroatoms. The van der Waals surface area contributed by atoms with Gasteiger partial charge < -0.3 is 4.55 Å². The van der Waals surface area contributed by atoms with Crippen LogP contribution >= 0.6 is 0 Å². The molecule has 1 atom stereocenters. The minimum absolute atomic E-state index is 0.316. The smallest absolute Gasteiger partial charge is 0.158 e. The Bertz CT molecular complexity index is 427. The first-order valence-corrected chi connectivity index (χ1v) is 5.65. The first-order valence-electron chi connectivity index (χ1n) is 4.50. The largest absolute Gasteiger partial charge is 0.606 e. The zero-order chi connectivity index (χ0) is 10.7. The monoisotopic (exact) mass is 219 g/mol. The molecule has 0 bridgehead atoms. The Morgan fingerprint density at radius 1 is 0.800 bits per heavy atom. The molecule has 0 saturated carbocycles. The second-order valence-corrected chi connectivity index (χ2v) is 4.52. The van der Waals surface area contributed by atoms with Crippen LogP contribution in [0.3, 0.4) is 0 Å². The van der Waals surface area contributed by atoms with Crippen molar-refractivity contribution in [3.8, 4) is 0 Å². The van der Waals surface area contributed by atoms with Gasteiger partial charge in [0.15, 0.2) is 9.79 Å². The third kappa shape index (κ3) is 2.37. The van der Waals surface area contributed by atoms with E-state index in [2.05, 4.69) is 0 Å². The van der Waals surface area contributed by atoms with Crippen molar-refractivity contribution in [2.75, 3.05) is 0 Å². The number of hydrogen-bond acceptors (Lipinski definition) is 1. The van der Waals surface area contributed by atoms with Gasteiger partial charge in [-0.2, -0.15) is 0 Å². The van der Waals surface area contributed by atoms with E-state index in [4.69, 9.17) is 0 Å². The lowest BCUT2D eigenvalue weighted by molar-refractivity contribution is 0.593. The molecular weight excluding hydrogens is 210 g/mol. The third-order valence-electron chi connectivity index (χ3n) is 1.98. The molecule has 0 N–H and O–H groups in total. The Balaban J connectivity index is 2.29. The van der Waals surface area contributed by atoms with E-state index in [0.29, 0.717) is 4.90 Å². The second kappa shape index (κ2) is 4.47. The molecule has 0 aliphatic rings. The van der Waals surface area contributed by atoms with E-state index in [1.165, 1.54) is 12.1 Å². The fourth-order valence-corrected chi connectivity index (χ4v) is 2.30. The van der Waals surface area contributed by atoms with Gasteiger partial charge in [0, 0.05) is 11.2 Å². The molecule has 76 valence electrons. The summed E-state index contributed by atoms with van der Waals surface area (Å²) in [4.78, 5) is 1.34. The van der Waals surface area contributed by atoms with Gasteiger partial charge in [0.05, 0.1) is 0 Å². The van der Waals surface area contributed by atoms with Gasteiger partial charge in [-0.25, -0.2) is 4.39 Å². The summed E-state index contributed by atoms with van der Waals surface area (Å²) < 4.78 is 24.6. The minimum Gasteiger partial charge on any atom is -0.606 e. The molecule has 0 aliphatic carbocycles. The average molecular weight is 219 g/mol. The van der Waals surface area contributed by atoms with Crippen molar-refractivity contribution in [1.82, 2.24) is 0 Å². The summed E-state index contributed by atoms with van der Waals surface area (Å²) in [6.07, 6.45) is 0. The van der Waals surface area contributed by atoms with Crippen molar-refractivity contribution in [3.05, 3.63) is 60.4 Å². The van der Waals surface area contributed by atoms with E-state index in [9.17, 15) is 8.94 Å². The highest BCUT2D eigenvalue weighted by molar-refractivity contribution is 7.91. The maximum absolute atomic E-state index is 12.7. The lowest BCUT2D eigenvalue weighted by Crippen LogP contribution is -2.01. The third-order valence-corrected chi connectivity index (χ3v) is 3.39.